The quantitative estimate of drug-likeness (QED) is 0.663. The van der Waals surface area contributed by atoms with Crippen LogP contribution in [0.25, 0.3) is 16.7 Å². The molecular weight excluding hydrogens is 313 g/mol. The Morgan fingerprint density at radius 3 is 2.91 bits per heavy atom. The number of H-pyrrole nitrogens is 1. The Labute approximate surface area is 128 Å². The molecule has 1 atom stereocenters. The summed E-state index contributed by atoms with van der Waals surface area (Å²) in [6.45, 7) is -0.426. The molecule has 2 heterocycles. The van der Waals surface area contributed by atoms with E-state index in [1.165, 1.54) is 12.3 Å². The number of rotatable bonds is 3. The Balaban J connectivity index is 2.46. The summed E-state index contributed by atoms with van der Waals surface area (Å²) in [6, 6.07) is 2.73. The fraction of sp³-hybridized carbons (Fsp3) is 0.154. The third-order valence-electron chi connectivity index (χ3n) is 3.17. The molecule has 9 heteroatoms. The molecule has 3 rings (SSSR count). The van der Waals surface area contributed by atoms with E-state index >= 15 is 0 Å². The standard InChI is InChI=1S/C13H11ClFN5O2/c14-8-4-6(15)3-7-11(8)18-12(9(16)5-21)20(13(7)22)10-1-2-17-19-10/h1-4,9,21H,5,16H2,(H,17,19)/t9-/m0/s1. The van der Waals surface area contributed by atoms with Gasteiger partial charge in [0.15, 0.2) is 0 Å². The minimum Gasteiger partial charge on any atom is -0.394 e. The van der Waals surface area contributed by atoms with Crippen molar-refractivity contribution in [2.45, 2.75) is 6.04 Å². The number of fused-ring (bicyclic) bond motifs is 1. The van der Waals surface area contributed by atoms with Crippen LogP contribution < -0.4 is 11.3 Å². The van der Waals surface area contributed by atoms with E-state index in [0.717, 1.165) is 16.7 Å². The van der Waals surface area contributed by atoms with Gasteiger partial charge >= 0.3 is 0 Å². The van der Waals surface area contributed by atoms with Crippen molar-refractivity contribution in [1.82, 2.24) is 19.7 Å². The number of hydrogen-bond donors (Lipinski definition) is 3. The predicted octanol–water partition coefficient (Wildman–Crippen LogP) is 0.893. The van der Waals surface area contributed by atoms with Gasteiger partial charge in [0.05, 0.1) is 34.8 Å². The monoisotopic (exact) mass is 323 g/mol. The number of nitrogens with zero attached hydrogens (tertiary/aromatic N) is 3. The highest BCUT2D eigenvalue weighted by molar-refractivity contribution is 6.35. The Hall–Kier alpha value is -2.29. The number of benzene rings is 1. The minimum absolute atomic E-state index is 0.00440. The third-order valence-corrected chi connectivity index (χ3v) is 3.46. The van der Waals surface area contributed by atoms with Crippen molar-refractivity contribution in [3.8, 4) is 5.82 Å². The van der Waals surface area contributed by atoms with E-state index in [4.69, 9.17) is 17.3 Å². The zero-order valence-electron chi connectivity index (χ0n) is 11.1. The van der Waals surface area contributed by atoms with Gasteiger partial charge in [-0.1, -0.05) is 11.6 Å². The summed E-state index contributed by atoms with van der Waals surface area (Å²) in [6.07, 6.45) is 1.44. The highest BCUT2D eigenvalue weighted by atomic mass is 35.5. The van der Waals surface area contributed by atoms with Crippen molar-refractivity contribution >= 4 is 22.5 Å². The molecule has 114 valence electrons. The molecule has 4 N–H and O–H groups in total. The first-order chi connectivity index (χ1) is 10.5. The lowest BCUT2D eigenvalue weighted by atomic mass is 10.2. The zero-order valence-corrected chi connectivity index (χ0v) is 11.9. The van der Waals surface area contributed by atoms with Gasteiger partial charge in [-0.2, -0.15) is 5.10 Å². The summed E-state index contributed by atoms with van der Waals surface area (Å²) in [5, 5.41) is 15.7. The van der Waals surface area contributed by atoms with Crippen LogP contribution in [0.15, 0.2) is 29.2 Å². The number of aromatic amines is 1. The molecule has 0 saturated carbocycles. The second kappa shape index (κ2) is 5.48. The molecule has 1 aromatic carbocycles. The fourth-order valence-corrected chi connectivity index (χ4v) is 2.42. The largest absolute Gasteiger partial charge is 0.394 e. The maximum atomic E-state index is 13.5. The lowest BCUT2D eigenvalue weighted by Crippen LogP contribution is -2.30. The second-order valence-corrected chi connectivity index (χ2v) is 5.03. The van der Waals surface area contributed by atoms with Crippen LogP contribution in [0.1, 0.15) is 11.9 Å². The van der Waals surface area contributed by atoms with Crippen molar-refractivity contribution in [2.75, 3.05) is 6.61 Å². The Bertz CT molecular complexity index is 894. The molecule has 2 aromatic heterocycles. The molecule has 0 aliphatic rings. The molecule has 0 aliphatic heterocycles. The first-order valence-corrected chi connectivity index (χ1v) is 6.68. The zero-order chi connectivity index (χ0) is 15.9. The van der Waals surface area contributed by atoms with Crippen LogP contribution in [0.4, 0.5) is 4.39 Å². The van der Waals surface area contributed by atoms with Gasteiger partial charge in [-0.05, 0) is 12.1 Å². The summed E-state index contributed by atoms with van der Waals surface area (Å²) >= 11 is 5.96. The van der Waals surface area contributed by atoms with Crippen LogP contribution in [0.2, 0.25) is 5.02 Å². The average Bonchev–Trinajstić information content (AvgIpc) is 3.01. The number of nitrogens with one attached hydrogen (secondary N) is 1. The number of aliphatic hydroxyl groups excluding tert-OH is 1. The van der Waals surface area contributed by atoms with Gasteiger partial charge in [-0.15, -0.1) is 0 Å². The topological polar surface area (TPSA) is 110 Å². The number of halogens is 2. The van der Waals surface area contributed by atoms with Crippen LogP contribution >= 0.6 is 11.6 Å². The lowest BCUT2D eigenvalue weighted by Gasteiger charge is -2.16. The van der Waals surface area contributed by atoms with Crippen molar-refractivity contribution < 1.29 is 9.50 Å². The Morgan fingerprint density at radius 1 is 1.50 bits per heavy atom. The average molecular weight is 324 g/mol. The minimum atomic E-state index is -0.915. The van der Waals surface area contributed by atoms with Gasteiger partial charge in [0, 0.05) is 6.07 Å². The summed E-state index contributed by atoms with van der Waals surface area (Å²) < 4.78 is 14.7. The molecular formula is C13H11ClFN5O2. The molecule has 0 bridgehead atoms. The van der Waals surface area contributed by atoms with Crippen LogP contribution in [0.5, 0.6) is 0 Å². The summed E-state index contributed by atoms with van der Waals surface area (Å²) in [7, 11) is 0. The van der Waals surface area contributed by atoms with Crippen molar-refractivity contribution in [2.24, 2.45) is 5.73 Å². The van der Waals surface area contributed by atoms with Gasteiger partial charge in [-0.3, -0.25) is 9.89 Å². The number of aliphatic hydroxyl groups is 1. The maximum Gasteiger partial charge on any atom is 0.267 e. The molecule has 0 fully saturated rings. The first kappa shape index (κ1) is 14.6. The van der Waals surface area contributed by atoms with Crippen LogP contribution in [0.3, 0.4) is 0 Å². The van der Waals surface area contributed by atoms with Crippen molar-refractivity contribution in [3.63, 3.8) is 0 Å². The maximum absolute atomic E-state index is 13.5. The van der Waals surface area contributed by atoms with E-state index in [9.17, 15) is 14.3 Å². The summed E-state index contributed by atoms with van der Waals surface area (Å²) in [5.41, 5.74) is 5.38. The molecule has 0 unspecified atom stereocenters. The van der Waals surface area contributed by atoms with E-state index in [-0.39, 0.29) is 21.7 Å². The SMILES string of the molecule is N[C@@H](CO)c1nc2c(Cl)cc(F)cc2c(=O)n1-c1ccn[nH]1. The number of hydrogen-bond acceptors (Lipinski definition) is 5. The van der Waals surface area contributed by atoms with E-state index in [1.807, 2.05) is 0 Å². The van der Waals surface area contributed by atoms with E-state index in [1.54, 1.807) is 0 Å². The van der Waals surface area contributed by atoms with Crippen molar-refractivity contribution in [3.05, 3.63) is 51.4 Å². The molecule has 0 spiro atoms. The van der Waals surface area contributed by atoms with Crippen molar-refractivity contribution in [1.29, 1.82) is 0 Å². The molecule has 0 amide bonds. The first-order valence-electron chi connectivity index (χ1n) is 6.31. The molecule has 22 heavy (non-hydrogen) atoms. The van der Waals surface area contributed by atoms with E-state index in [0.29, 0.717) is 5.82 Å². The number of nitrogens with two attached hydrogens (primary N) is 1. The Kier molecular flexibility index (Phi) is 3.65. The molecule has 0 aliphatic carbocycles. The van der Waals surface area contributed by atoms with Crippen LogP contribution in [-0.4, -0.2) is 31.5 Å². The Morgan fingerprint density at radius 2 is 2.27 bits per heavy atom. The van der Waals surface area contributed by atoms with Gasteiger partial charge in [0.2, 0.25) is 0 Å². The fourth-order valence-electron chi connectivity index (χ4n) is 2.17. The summed E-state index contributed by atoms with van der Waals surface area (Å²) in [5.74, 6) is -0.247. The molecule has 3 aromatic rings. The van der Waals surface area contributed by atoms with Crippen LogP contribution in [0, 0.1) is 5.82 Å². The van der Waals surface area contributed by atoms with E-state index in [2.05, 4.69) is 15.2 Å². The van der Waals surface area contributed by atoms with E-state index < -0.39 is 24.0 Å². The summed E-state index contributed by atoms with van der Waals surface area (Å²) in [4.78, 5) is 16.9. The predicted molar refractivity (Wildman–Crippen MR) is 78.5 cm³/mol. The van der Waals surface area contributed by atoms with Gasteiger partial charge < -0.3 is 10.8 Å². The van der Waals surface area contributed by atoms with Crippen LogP contribution in [-0.2, 0) is 0 Å². The van der Waals surface area contributed by atoms with Gasteiger partial charge in [0.25, 0.3) is 5.56 Å². The highest BCUT2D eigenvalue weighted by Crippen LogP contribution is 2.23. The molecule has 0 radical (unpaired) electrons. The van der Waals surface area contributed by atoms with Gasteiger partial charge in [0.1, 0.15) is 17.5 Å². The normalized spacial score (nSPS) is 12.7. The molecule has 0 saturated heterocycles. The van der Waals surface area contributed by atoms with Gasteiger partial charge in [-0.25, -0.2) is 13.9 Å². The smallest absolute Gasteiger partial charge is 0.267 e. The molecule has 7 nitrogen and oxygen atoms in total. The second-order valence-electron chi connectivity index (χ2n) is 4.63. The third kappa shape index (κ3) is 2.27. The number of aromatic nitrogens is 4. The highest BCUT2D eigenvalue weighted by Gasteiger charge is 2.20. The lowest BCUT2D eigenvalue weighted by molar-refractivity contribution is 0.262.